The molecular weight excluding hydrogens is 819 g/mol. The molecule has 1 radical (unpaired) electrons. The molecule has 0 atom stereocenters. The number of aliphatic hydroxyl groups excluding tert-OH is 1. The van der Waals surface area contributed by atoms with Crippen molar-refractivity contribution in [3.63, 3.8) is 0 Å². The van der Waals surface area contributed by atoms with Gasteiger partial charge in [-0.3, -0.25) is 9.78 Å². The number of Topliss-reactive ketones (excluding diaryl/α,β-unsaturated/α-hetero) is 1. The van der Waals surface area contributed by atoms with Crippen LogP contribution in [0, 0.1) is 17.9 Å². The summed E-state index contributed by atoms with van der Waals surface area (Å²) in [5, 5.41) is 13.0. The summed E-state index contributed by atoms with van der Waals surface area (Å²) in [7, 11) is -1.42. The Kier molecular flexibility index (Phi) is 13.4. The Bertz CT molecular complexity index is 1920. The number of fused-ring (bicyclic) bond motifs is 1. The van der Waals surface area contributed by atoms with Crippen LogP contribution in [0.25, 0.3) is 44.4 Å². The first-order chi connectivity index (χ1) is 24.2. The van der Waals surface area contributed by atoms with Gasteiger partial charge >= 0.3 is 0 Å². The summed E-state index contributed by atoms with van der Waals surface area (Å²) in [6, 6.07) is 39.9. The molecule has 2 fully saturated rings. The number of hydrogen-bond acceptors (Lipinski definition) is 3. The van der Waals surface area contributed by atoms with Crippen molar-refractivity contribution in [2.24, 2.45) is 11.8 Å². The molecule has 3 nitrogen and oxygen atoms in total. The van der Waals surface area contributed by atoms with Crippen molar-refractivity contribution < 1.29 is 30.0 Å². The maximum absolute atomic E-state index is 12.4. The van der Waals surface area contributed by atoms with Crippen LogP contribution in [-0.2, 0) is 24.9 Å². The van der Waals surface area contributed by atoms with Crippen LogP contribution in [0.15, 0.2) is 114 Å². The van der Waals surface area contributed by atoms with Crippen LogP contribution in [0.1, 0.15) is 71.1 Å². The Labute approximate surface area is 320 Å². The topological polar surface area (TPSA) is 50.2 Å². The summed E-state index contributed by atoms with van der Waals surface area (Å²) in [6.45, 7) is 9.01. The van der Waals surface area contributed by atoms with E-state index in [-0.39, 0.29) is 37.7 Å². The Morgan fingerprint density at radius 3 is 1.86 bits per heavy atom. The Hall–Kier alpha value is -3.63. The second-order valence-corrected chi connectivity index (χ2v) is 20.4. The third-order valence-corrected chi connectivity index (χ3v) is 12.7. The maximum Gasteiger partial charge on any atom is 0.164 e. The van der Waals surface area contributed by atoms with E-state index in [0.29, 0.717) is 11.3 Å². The largest absolute Gasteiger partial charge is 0.512 e. The standard InChI is InChI=1S/C30H26NSi.C16H26O2.Ir/c1-32(2,3)26-18-19-29-28(20-26)27(24-12-8-5-9-13-24)21-30(31-29)25-16-14-23(15-17-25)22-10-6-4-7-11-22;1-12(15(17)13-8-4-2-5-9-13)16(18)14-10-6-3-7-11-14;/h4-16,18-21H,1-3H3;13-14,17H,2-11H2,1H3;/q-1;;/b;15-12-;. The van der Waals surface area contributed by atoms with Crippen molar-refractivity contribution in [2.75, 3.05) is 0 Å². The zero-order valence-corrected chi connectivity index (χ0v) is 34.1. The minimum Gasteiger partial charge on any atom is -0.512 e. The van der Waals surface area contributed by atoms with Crippen molar-refractivity contribution in [3.8, 4) is 33.5 Å². The van der Waals surface area contributed by atoms with Crippen LogP contribution in [0.2, 0.25) is 19.6 Å². The van der Waals surface area contributed by atoms with E-state index in [9.17, 15) is 9.90 Å². The van der Waals surface area contributed by atoms with E-state index in [1.807, 2.05) is 13.0 Å². The second kappa shape index (κ2) is 17.7. The van der Waals surface area contributed by atoms with E-state index in [4.69, 9.17) is 4.98 Å². The van der Waals surface area contributed by atoms with E-state index in [1.54, 1.807) is 0 Å². The molecule has 2 saturated carbocycles. The van der Waals surface area contributed by atoms with Gasteiger partial charge in [-0.05, 0) is 55.5 Å². The monoisotopic (exact) mass is 871 g/mol. The molecule has 5 aromatic rings. The fourth-order valence-corrected chi connectivity index (χ4v) is 8.72. The summed E-state index contributed by atoms with van der Waals surface area (Å²) in [4.78, 5) is 17.4. The number of ketones is 1. The molecule has 0 aliphatic heterocycles. The molecule has 0 amide bonds. The minimum absolute atomic E-state index is 0. The summed E-state index contributed by atoms with van der Waals surface area (Å²) in [5.74, 6) is 1.07. The van der Waals surface area contributed by atoms with Crippen LogP contribution < -0.4 is 5.19 Å². The molecule has 1 N–H and O–H groups in total. The minimum atomic E-state index is -1.42. The van der Waals surface area contributed by atoms with E-state index < -0.39 is 8.07 Å². The van der Waals surface area contributed by atoms with Crippen molar-refractivity contribution in [2.45, 2.75) is 90.8 Å². The van der Waals surface area contributed by atoms with Gasteiger partial charge < -0.3 is 5.11 Å². The van der Waals surface area contributed by atoms with Crippen LogP contribution in [0.4, 0.5) is 0 Å². The molecule has 0 saturated heterocycles. The van der Waals surface area contributed by atoms with Crippen LogP contribution in [0.5, 0.6) is 0 Å². The van der Waals surface area contributed by atoms with Crippen LogP contribution >= 0.6 is 0 Å². The van der Waals surface area contributed by atoms with Gasteiger partial charge in [0.2, 0.25) is 0 Å². The van der Waals surface area contributed by atoms with E-state index in [2.05, 4.69) is 123 Å². The Morgan fingerprint density at radius 1 is 0.706 bits per heavy atom. The molecule has 51 heavy (non-hydrogen) atoms. The number of pyridine rings is 1. The van der Waals surface area contributed by atoms with E-state index in [1.165, 1.54) is 65.8 Å². The van der Waals surface area contributed by atoms with Gasteiger partial charge in [-0.1, -0.05) is 153 Å². The van der Waals surface area contributed by atoms with Gasteiger partial charge in [0.15, 0.2) is 5.78 Å². The van der Waals surface area contributed by atoms with Crippen molar-refractivity contribution in [1.29, 1.82) is 0 Å². The zero-order valence-electron chi connectivity index (χ0n) is 30.7. The van der Waals surface area contributed by atoms with E-state index in [0.717, 1.165) is 48.0 Å². The summed E-state index contributed by atoms with van der Waals surface area (Å²) < 4.78 is 0. The predicted molar refractivity (Wildman–Crippen MR) is 213 cm³/mol. The van der Waals surface area contributed by atoms with Gasteiger partial charge in [0, 0.05) is 42.9 Å². The smallest absolute Gasteiger partial charge is 0.164 e. The number of allylic oxidation sites excluding steroid dienone is 2. The zero-order chi connectivity index (χ0) is 35.1. The first-order valence-corrected chi connectivity index (χ1v) is 22.2. The number of rotatable bonds is 7. The molecular formula is C46H52IrNO2Si-. The quantitative estimate of drug-likeness (QED) is 0.0767. The molecule has 0 bridgehead atoms. The van der Waals surface area contributed by atoms with Gasteiger partial charge in [0.1, 0.15) is 5.76 Å². The van der Waals surface area contributed by atoms with Gasteiger partial charge in [0.05, 0.1) is 13.6 Å². The molecule has 7 rings (SSSR count). The average Bonchev–Trinajstić information content (AvgIpc) is 3.17. The molecule has 267 valence electrons. The number of hydrogen-bond donors (Lipinski definition) is 1. The molecule has 1 aromatic heterocycles. The van der Waals surface area contributed by atoms with Gasteiger partial charge in [0.25, 0.3) is 0 Å². The molecule has 4 aromatic carbocycles. The molecule has 0 unspecified atom stereocenters. The average molecular weight is 871 g/mol. The van der Waals surface area contributed by atoms with E-state index >= 15 is 0 Å². The van der Waals surface area contributed by atoms with Crippen molar-refractivity contribution in [1.82, 2.24) is 4.98 Å². The maximum atomic E-state index is 12.4. The molecule has 5 heteroatoms. The fraction of sp³-hybridized carbons (Fsp3) is 0.348. The third-order valence-electron chi connectivity index (χ3n) is 10.7. The number of carbonyl (C=O) groups is 1. The predicted octanol–water partition coefficient (Wildman–Crippen LogP) is 12.1. The van der Waals surface area contributed by atoms with Gasteiger partial charge in [-0.25, -0.2) is 0 Å². The van der Waals surface area contributed by atoms with Gasteiger partial charge in [-0.2, -0.15) is 0 Å². The van der Waals surface area contributed by atoms with Crippen molar-refractivity contribution >= 4 is 29.9 Å². The number of benzene rings is 4. The third kappa shape index (κ3) is 9.63. The van der Waals surface area contributed by atoms with Crippen molar-refractivity contribution in [3.05, 3.63) is 121 Å². The normalized spacial score (nSPS) is 16.0. The first-order valence-electron chi connectivity index (χ1n) is 18.7. The van der Waals surface area contributed by atoms with Crippen LogP contribution in [0.3, 0.4) is 0 Å². The number of aliphatic hydroxyl groups is 1. The molecule has 2 aliphatic rings. The molecule has 1 heterocycles. The Morgan fingerprint density at radius 2 is 1.29 bits per heavy atom. The SMILES string of the molecule is C/C(C(=O)C1CCCCC1)=C(/O)C1CCCCC1.C[Si](C)(C)c1ccc2nc(-c3[c-]cc(-c4ccccc4)cc3)cc(-c3ccccc3)c2c1.[Ir]. The van der Waals surface area contributed by atoms with Crippen LogP contribution in [-0.4, -0.2) is 23.9 Å². The molecule has 0 spiro atoms. The fourth-order valence-electron chi connectivity index (χ4n) is 7.56. The van der Waals surface area contributed by atoms with Gasteiger partial charge in [-0.15, -0.1) is 29.8 Å². The second-order valence-electron chi connectivity index (χ2n) is 15.3. The number of nitrogens with zero attached hydrogens (tertiary/aromatic N) is 1. The number of carbonyl (C=O) groups excluding carboxylic acids is 1. The Balaban J connectivity index is 0.000000226. The molecule has 2 aliphatic carbocycles. The summed E-state index contributed by atoms with van der Waals surface area (Å²) >= 11 is 0. The first kappa shape index (κ1) is 38.6. The number of aromatic nitrogens is 1. The summed E-state index contributed by atoms with van der Waals surface area (Å²) in [6.07, 6.45) is 11.4. The summed E-state index contributed by atoms with van der Waals surface area (Å²) in [5.41, 5.74) is 8.47.